The number of aromatic hydroxyl groups is 1. The number of ether oxygens (including phenoxy) is 1. The highest BCUT2D eigenvalue weighted by atomic mass is 35.5. The maximum Gasteiger partial charge on any atom is 0.230 e. The minimum Gasteiger partial charge on any atom is -0.508 e. The van der Waals surface area contributed by atoms with E-state index in [0.29, 0.717) is 5.02 Å². The van der Waals surface area contributed by atoms with E-state index < -0.39 is 6.23 Å². The molecular weight excluding hydrogens is 362 g/mol. The third-order valence-electron chi connectivity index (χ3n) is 4.89. The number of benzene rings is 2. The number of pyridine rings is 1. The van der Waals surface area contributed by atoms with Crippen molar-refractivity contribution in [2.45, 2.75) is 18.7 Å². The lowest BCUT2D eigenvalue weighted by Crippen LogP contribution is -2.34. The zero-order valence-electron chi connectivity index (χ0n) is 14.3. The van der Waals surface area contributed by atoms with Gasteiger partial charge in [-0.25, -0.2) is 5.01 Å². The van der Waals surface area contributed by atoms with Gasteiger partial charge in [0.05, 0.1) is 11.8 Å². The lowest BCUT2D eigenvalue weighted by molar-refractivity contribution is -0.0218. The van der Waals surface area contributed by atoms with Crippen LogP contribution in [0.2, 0.25) is 5.02 Å². The number of hydrogen-bond donors (Lipinski definition) is 1. The fourth-order valence-electron chi connectivity index (χ4n) is 3.60. The van der Waals surface area contributed by atoms with Gasteiger partial charge >= 0.3 is 0 Å². The number of hydrazone groups is 1. The summed E-state index contributed by atoms with van der Waals surface area (Å²) in [7, 11) is 0. The van der Waals surface area contributed by atoms with E-state index in [1.165, 1.54) is 0 Å². The maximum atomic E-state index is 9.56. The monoisotopic (exact) mass is 377 g/mol. The molecule has 3 aromatic rings. The van der Waals surface area contributed by atoms with E-state index in [-0.39, 0.29) is 11.8 Å². The van der Waals surface area contributed by atoms with E-state index in [4.69, 9.17) is 21.4 Å². The molecule has 0 saturated heterocycles. The highest BCUT2D eigenvalue weighted by Crippen LogP contribution is 2.47. The van der Waals surface area contributed by atoms with Gasteiger partial charge in [-0.3, -0.25) is 4.98 Å². The van der Waals surface area contributed by atoms with Gasteiger partial charge < -0.3 is 9.84 Å². The number of hydrogen-bond acceptors (Lipinski definition) is 5. The Morgan fingerprint density at radius 3 is 2.70 bits per heavy atom. The third kappa shape index (κ3) is 2.80. The van der Waals surface area contributed by atoms with Crippen LogP contribution < -0.4 is 4.74 Å². The molecule has 0 bridgehead atoms. The molecule has 0 fully saturated rings. The number of halogens is 1. The molecule has 5 nitrogen and oxygen atoms in total. The molecule has 1 aromatic heterocycles. The van der Waals surface area contributed by atoms with Crippen LogP contribution in [-0.4, -0.2) is 20.8 Å². The van der Waals surface area contributed by atoms with Crippen molar-refractivity contribution in [3.05, 3.63) is 88.7 Å². The summed E-state index contributed by atoms with van der Waals surface area (Å²) in [6.45, 7) is 0. The summed E-state index contributed by atoms with van der Waals surface area (Å²) in [4.78, 5) is 4.47. The van der Waals surface area contributed by atoms with Gasteiger partial charge in [0.1, 0.15) is 17.2 Å². The summed E-state index contributed by atoms with van der Waals surface area (Å²) in [5.41, 5.74) is 3.74. The Hall–Kier alpha value is -3.05. The second-order valence-corrected chi connectivity index (χ2v) is 7.04. The van der Waals surface area contributed by atoms with Crippen LogP contribution in [0.5, 0.6) is 11.5 Å². The smallest absolute Gasteiger partial charge is 0.230 e. The molecule has 1 N–H and O–H groups in total. The van der Waals surface area contributed by atoms with Crippen molar-refractivity contribution in [1.82, 2.24) is 9.99 Å². The van der Waals surface area contributed by atoms with E-state index in [9.17, 15) is 5.11 Å². The van der Waals surface area contributed by atoms with Crippen LogP contribution in [0.4, 0.5) is 0 Å². The molecule has 6 heteroatoms. The van der Waals surface area contributed by atoms with Crippen molar-refractivity contribution >= 4 is 17.3 Å². The molecule has 0 saturated carbocycles. The van der Waals surface area contributed by atoms with Crippen molar-refractivity contribution < 1.29 is 9.84 Å². The Labute approximate surface area is 161 Å². The first-order valence-corrected chi connectivity index (χ1v) is 9.09. The van der Waals surface area contributed by atoms with Crippen LogP contribution in [0, 0.1) is 0 Å². The van der Waals surface area contributed by atoms with Crippen molar-refractivity contribution in [2.75, 3.05) is 0 Å². The van der Waals surface area contributed by atoms with Crippen molar-refractivity contribution in [3.63, 3.8) is 0 Å². The molecule has 2 atom stereocenters. The van der Waals surface area contributed by atoms with E-state index in [0.717, 1.165) is 34.7 Å². The average molecular weight is 378 g/mol. The first-order chi connectivity index (χ1) is 13.2. The molecule has 2 unspecified atom stereocenters. The van der Waals surface area contributed by atoms with E-state index in [1.54, 1.807) is 18.3 Å². The molecule has 0 spiro atoms. The number of phenols is 1. The van der Waals surface area contributed by atoms with E-state index in [2.05, 4.69) is 4.98 Å². The van der Waals surface area contributed by atoms with Crippen LogP contribution in [0.15, 0.2) is 72.0 Å². The summed E-state index contributed by atoms with van der Waals surface area (Å²) in [6.07, 6.45) is 2.08. The van der Waals surface area contributed by atoms with Crippen molar-refractivity contribution in [2.24, 2.45) is 5.10 Å². The highest BCUT2D eigenvalue weighted by Gasteiger charge is 2.41. The van der Waals surface area contributed by atoms with Crippen LogP contribution in [0.1, 0.15) is 35.5 Å². The number of phenolic OH excluding ortho intramolecular Hbond substituents is 1. The molecule has 0 amide bonds. The zero-order chi connectivity index (χ0) is 18.4. The first-order valence-electron chi connectivity index (χ1n) is 8.71. The predicted molar refractivity (Wildman–Crippen MR) is 103 cm³/mol. The Kier molecular flexibility index (Phi) is 3.76. The number of rotatable bonds is 2. The molecule has 2 aliphatic rings. The fourth-order valence-corrected chi connectivity index (χ4v) is 3.78. The summed E-state index contributed by atoms with van der Waals surface area (Å²) in [5, 5.41) is 17.1. The minimum atomic E-state index is -0.403. The quantitative estimate of drug-likeness (QED) is 0.704. The Bertz CT molecular complexity index is 1020. The summed E-state index contributed by atoms with van der Waals surface area (Å²) in [6, 6.07) is 18.6. The minimum absolute atomic E-state index is 0.0169. The largest absolute Gasteiger partial charge is 0.508 e. The van der Waals surface area contributed by atoms with Gasteiger partial charge in [-0.05, 0) is 60.2 Å². The summed E-state index contributed by atoms with van der Waals surface area (Å²) >= 11 is 6.24. The van der Waals surface area contributed by atoms with Crippen LogP contribution in [0.3, 0.4) is 0 Å². The summed E-state index contributed by atoms with van der Waals surface area (Å²) < 4.78 is 6.25. The van der Waals surface area contributed by atoms with Crippen molar-refractivity contribution in [1.29, 1.82) is 0 Å². The van der Waals surface area contributed by atoms with Gasteiger partial charge in [0.2, 0.25) is 6.23 Å². The topological polar surface area (TPSA) is 58.0 Å². The molecule has 5 rings (SSSR count). The van der Waals surface area contributed by atoms with Gasteiger partial charge in [0, 0.05) is 23.2 Å². The Morgan fingerprint density at radius 1 is 1.07 bits per heavy atom. The number of nitrogens with zero attached hydrogens (tertiary/aromatic N) is 3. The molecular formula is C21H16ClN3O2. The second-order valence-electron chi connectivity index (χ2n) is 6.60. The van der Waals surface area contributed by atoms with Crippen LogP contribution in [0.25, 0.3) is 0 Å². The number of fused-ring (bicyclic) bond motifs is 3. The maximum absolute atomic E-state index is 9.56. The lowest BCUT2D eigenvalue weighted by atomic mass is 9.96. The molecule has 2 aliphatic heterocycles. The third-order valence-corrected chi connectivity index (χ3v) is 5.13. The van der Waals surface area contributed by atoms with Crippen LogP contribution >= 0.6 is 11.6 Å². The molecule has 0 aliphatic carbocycles. The number of aromatic nitrogens is 1. The lowest BCUT2D eigenvalue weighted by Gasteiger charge is -2.37. The van der Waals surface area contributed by atoms with Crippen molar-refractivity contribution in [3.8, 4) is 11.5 Å². The molecule has 3 heterocycles. The van der Waals surface area contributed by atoms with E-state index in [1.807, 2.05) is 53.5 Å². The second kappa shape index (κ2) is 6.28. The molecule has 27 heavy (non-hydrogen) atoms. The Balaban J connectivity index is 1.60. The standard InChI is InChI=1S/C21H16ClN3O2/c22-14-6-9-20-16(11-14)19-12-18(13-4-7-15(26)8-5-13)24-25(19)21(27-20)17-3-1-2-10-23-17/h1-11,19,21,26H,12H2. The fraction of sp³-hybridized carbons (Fsp3) is 0.143. The van der Waals surface area contributed by atoms with Gasteiger partial charge in [0.25, 0.3) is 0 Å². The van der Waals surface area contributed by atoms with Crippen LogP contribution in [-0.2, 0) is 0 Å². The molecule has 2 aromatic carbocycles. The van der Waals surface area contributed by atoms with Gasteiger partial charge in [-0.2, -0.15) is 5.10 Å². The van der Waals surface area contributed by atoms with Gasteiger partial charge in [0.15, 0.2) is 0 Å². The zero-order valence-corrected chi connectivity index (χ0v) is 15.0. The highest BCUT2D eigenvalue weighted by molar-refractivity contribution is 6.30. The van der Waals surface area contributed by atoms with Gasteiger partial charge in [-0.1, -0.05) is 17.7 Å². The average Bonchev–Trinajstić information content (AvgIpc) is 3.14. The van der Waals surface area contributed by atoms with E-state index >= 15 is 0 Å². The first kappa shape index (κ1) is 16.1. The van der Waals surface area contributed by atoms with Gasteiger partial charge in [-0.15, -0.1) is 0 Å². The SMILES string of the molecule is Oc1ccc(C2=NN3C(C2)c2cc(Cl)ccc2OC3c2ccccn2)cc1. The predicted octanol–water partition coefficient (Wildman–Crippen LogP) is 4.68. The normalized spacial score (nSPS) is 20.5. The Morgan fingerprint density at radius 2 is 1.93 bits per heavy atom. The molecule has 134 valence electrons. The molecule has 0 radical (unpaired) electrons. The summed E-state index contributed by atoms with van der Waals surface area (Å²) in [5.74, 6) is 1.04.